The fraction of sp³-hybridized carbons (Fsp3) is 0.300. The van der Waals surface area contributed by atoms with Crippen LogP contribution in [0.3, 0.4) is 0 Å². The number of aromatic amines is 1. The van der Waals surface area contributed by atoms with E-state index in [0.29, 0.717) is 11.5 Å². The molecular weight excluding hydrogens is 252 g/mol. The maximum atomic E-state index is 12.2. The first-order valence-electron chi connectivity index (χ1n) is 5.50. The molecule has 0 aliphatic heterocycles. The van der Waals surface area contributed by atoms with Gasteiger partial charge in [-0.05, 0) is 6.92 Å². The van der Waals surface area contributed by atoms with E-state index in [2.05, 4.69) is 20.1 Å². The van der Waals surface area contributed by atoms with Crippen LogP contribution in [0.1, 0.15) is 11.7 Å². The molecule has 3 aromatic rings. The maximum Gasteiger partial charge on any atom is 0.332 e. The molecule has 0 fully saturated rings. The molecule has 0 saturated heterocycles. The van der Waals surface area contributed by atoms with Gasteiger partial charge in [0.05, 0.1) is 6.33 Å². The maximum absolute atomic E-state index is 12.2. The lowest BCUT2D eigenvalue weighted by atomic mass is 10.5. The van der Waals surface area contributed by atoms with Crippen molar-refractivity contribution in [2.75, 3.05) is 0 Å². The molecule has 0 aliphatic carbocycles. The van der Waals surface area contributed by atoms with E-state index >= 15 is 0 Å². The highest BCUT2D eigenvalue weighted by molar-refractivity contribution is 5.68. The van der Waals surface area contributed by atoms with Crippen molar-refractivity contribution in [2.24, 2.45) is 7.05 Å². The molecule has 9 nitrogen and oxygen atoms in total. The van der Waals surface area contributed by atoms with E-state index in [1.54, 1.807) is 14.0 Å². The van der Waals surface area contributed by atoms with Crippen LogP contribution in [0.4, 0.5) is 0 Å². The Labute approximate surface area is 105 Å². The second kappa shape index (κ2) is 3.90. The van der Waals surface area contributed by atoms with Crippen LogP contribution >= 0.6 is 0 Å². The summed E-state index contributed by atoms with van der Waals surface area (Å²) in [6, 6.07) is 0. The van der Waals surface area contributed by atoms with Crippen LogP contribution < -0.4 is 11.2 Å². The highest BCUT2D eigenvalue weighted by Crippen LogP contribution is 2.01. The van der Waals surface area contributed by atoms with Gasteiger partial charge in [0.15, 0.2) is 11.5 Å². The Morgan fingerprint density at radius 2 is 2.21 bits per heavy atom. The van der Waals surface area contributed by atoms with E-state index in [1.165, 1.54) is 10.9 Å². The Bertz CT molecular complexity index is 867. The average Bonchev–Trinajstić information content (AvgIpc) is 3.01. The molecule has 1 N–H and O–H groups in total. The SMILES string of the molecule is Cc1noc(Cn2c(=O)c3[nH]cnc3n(C)c2=O)n1. The van der Waals surface area contributed by atoms with Gasteiger partial charge in [-0.15, -0.1) is 0 Å². The molecule has 0 amide bonds. The Balaban J connectivity index is 2.23. The summed E-state index contributed by atoms with van der Waals surface area (Å²) < 4.78 is 7.23. The molecule has 3 rings (SSSR count). The minimum Gasteiger partial charge on any atom is -0.339 e. The van der Waals surface area contributed by atoms with Gasteiger partial charge in [0.1, 0.15) is 12.1 Å². The monoisotopic (exact) mass is 262 g/mol. The summed E-state index contributed by atoms with van der Waals surface area (Å²) in [6.45, 7) is 1.59. The van der Waals surface area contributed by atoms with Crippen LogP contribution in [0.2, 0.25) is 0 Å². The Kier molecular flexibility index (Phi) is 2.34. The third kappa shape index (κ3) is 1.66. The first kappa shape index (κ1) is 11.4. The summed E-state index contributed by atoms with van der Waals surface area (Å²) in [5.41, 5.74) is -0.377. The number of nitrogens with zero attached hydrogens (tertiary/aromatic N) is 5. The predicted molar refractivity (Wildman–Crippen MR) is 63.7 cm³/mol. The number of imidazole rings is 1. The molecule has 0 spiro atoms. The van der Waals surface area contributed by atoms with E-state index in [4.69, 9.17) is 4.52 Å². The van der Waals surface area contributed by atoms with E-state index in [-0.39, 0.29) is 18.0 Å². The van der Waals surface area contributed by atoms with Gasteiger partial charge >= 0.3 is 5.69 Å². The summed E-state index contributed by atoms with van der Waals surface area (Å²) in [6.07, 6.45) is 1.37. The van der Waals surface area contributed by atoms with Crippen LogP contribution in [-0.4, -0.2) is 29.2 Å². The van der Waals surface area contributed by atoms with Crippen LogP contribution in [0, 0.1) is 6.92 Å². The molecule has 0 aromatic carbocycles. The van der Waals surface area contributed by atoms with Gasteiger partial charge in [-0.2, -0.15) is 4.98 Å². The lowest BCUT2D eigenvalue weighted by Gasteiger charge is -2.04. The molecule has 3 heterocycles. The minimum atomic E-state index is -0.486. The lowest BCUT2D eigenvalue weighted by Crippen LogP contribution is -2.39. The molecule has 0 unspecified atom stereocenters. The van der Waals surface area contributed by atoms with Gasteiger partial charge in [0, 0.05) is 7.05 Å². The summed E-state index contributed by atoms with van der Waals surface area (Å²) in [7, 11) is 1.54. The van der Waals surface area contributed by atoms with Crippen molar-refractivity contribution in [2.45, 2.75) is 13.5 Å². The fourth-order valence-electron chi connectivity index (χ4n) is 1.87. The molecule has 0 aliphatic rings. The summed E-state index contributed by atoms with van der Waals surface area (Å²) >= 11 is 0. The molecule has 19 heavy (non-hydrogen) atoms. The van der Waals surface area contributed by atoms with Gasteiger partial charge in [-0.25, -0.2) is 14.3 Å². The van der Waals surface area contributed by atoms with Crippen LogP contribution in [0.5, 0.6) is 0 Å². The molecule has 0 bridgehead atoms. The van der Waals surface area contributed by atoms with Crippen LogP contribution in [0.15, 0.2) is 20.4 Å². The largest absolute Gasteiger partial charge is 0.339 e. The highest BCUT2D eigenvalue weighted by Gasteiger charge is 2.15. The predicted octanol–water partition coefficient (Wildman–Crippen LogP) is -0.837. The number of hydrogen-bond donors (Lipinski definition) is 1. The lowest BCUT2D eigenvalue weighted by molar-refractivity contribution is 0.363. The van der Waals surface area contributed by atoms with Crippen molar-refractivity contribution >= 4 is 11.2 Å². The van der Waals surface area contributed by atoms with Crippen LogP contribution in [0.25, 0.3) is 11.2 Å². The smallest absolute Gasteiger partial charge is 0.332 e. The molecule has 9 heteroatoms. The molecule has 98 valence electrons. The van der Waals surface area contributed by atoms with Crippen molar-refractivity contribution in [3.63, 3.8) is 0 Å². The van der Waals surface area contributed by atoms with Crippen molar-refractivity contribution in [3.8, 4) is 0 Å². The Morgan fingerprint density at radius 3 is 2.89 bits per heavy atom. The van der Waals surface area contributed by atoms with Gasteiger partial charge in [0.2, 0.25) is 5.89 Å². The second-order valence-electron chi connectivity index (χ2n) is 4.07. The third-order valence-electron chi connectivity index (χ3n) is 2.78. The first-order chi connectivity index (χ1) is 9.08. The van der Waals surface area contributed by atoms with E-state index in [1.807, 2.05) is 0 Å². The first-order valence-corrected chi connectivity index (χ1v) is 5.50. The average molecular weight is 262 g/mol. The standard InChI is InChI=1S/C10H10N6O3/c1-5-13-6(19-14-5)3-16-9(17)7-8(12-4-11-7)15(2)10(16)18/h4H,3H2,1-2H3,(H,11,12). The van der Waals surface area contributed by atoms with Crippen molar-refractivity contribution in [3.05, 3.63) is 38.9 Å². The quantitative estimate of drug-likeness (QED) is 0.644. The zero-order chi connectivity index (χ0) is 13.6. The van der Waals surface area contributed by atoms with E-state index in [9.17, 15) is 9.59 Å². The van der Waals surface area contributed by atoms with Gasteiger partial charge in [-0.3, -0.25) is 9.36 Å². The van der Waals surface area contributed by atoms with Crippen molar-refractivity contribution in [1.29, 1.82) is 0 Å². The highest BCUT2D eigenvalue weighted by atomic mass is 16.5. The van der Waals surface area contributed by atoms with Gasteiger partial charge in [-0.1, -0.05) is 5.16 Å². The zero-order valence-corrected chi connectivity index (χ0v) is 10.2. The number of aryl methyl sites for hydroxylation is 2. The summed E-state index contributed by atoms with van der Waals surface area (Å²) in [5, 5.41) is 3.62. The number of aromatic nitrogens is 6. The second-order valence-corrected chi connectivity index (χ2v) is 4.07. The van der Waals surface area contributed by atoms with Gasteiger partial charge < -0.3 is 9.51 Å². The minimum absolute atomic E-state index is 0.0681. The normalized spacial score (nSPS) is 11.3. The third-order valence-corrected chi connectivity index (χ3v) is 2.78. The number of fused-ring (bicyclic) bond motifs is 1. The summed E-state index contributed by atoms with van der Waals surface area (Å²) in [4.78, 5) is 34.9. The van der Waals surface area contributed by atoms with E-state index in [0.717, 1.165) is 4.57 Å². The number of hydrogen-bond acceptors (Lipinski definition) is 6. The topological polar surface area (TPSA) is 112 Å². The number of rotatable bonds is 2. The Hall–Kier alpha value is -2.71. The number of nitrogens with one attached hydrogen (secondary N) is 1. The van der Waals surface area contributed by atoms with Crippen LogP contribution in [-0.2, 0) is 13.6 Å². The Morgan fingerprint density at radius 1 is 1.42 bits per heavy atom. The molecule has 0 saturated carbocycles. The zero-order valence-electron chi connectivity index (χ0n) is 10.2. The number of H-pyrrole nitrogens is 1. The van der Waals surface area contributed by atoms with E-state index < -0.39 is 11.2 Å². The van der Waals surface area contributed by atoms with Gasteiger partial charge in [0.25, 0.3) is 5.56 Å². The molecule has 0 atom stereocenters. The molecule has 3 aromatic heterocycles. The molecule has 0 radical (unpaired) electrons. The van der Waals surface area contributed by atoms with Crippen molar-refractivity contribution < 1.29 is 4.52 Å². The summed E-state index contributed by atoms with van der Waals surface area (Å²) in [5.74, 6) is 0.651. The van der Waals surface area contributed by atoms with Crippen molar-refractivity contribution in [1.82, 2.24) is 29.2 Å². The fourth-order valence-corrected chi connectivity index (χ4v) is 1.87. The molecular formula is C10H10N6O3.